The molecule has 5 heteroatoms. The first-order valence-corrected chi connectivity index (χ1v) is 7.04. The van der Waals surface area contributed by atoms with E-state index in [1.807, 2.05) is 24.3 Å². The van der Waals surface area contributed by atoms with E-state index in [1.165, 1.54) is 0 Å². The van der Waals surface area contributed by atoms with Crippen LogP contribution in [0.5, 0.6) is 0 Å². The number of aryl methyl sites for hydroxylation is 1. The summed E-state index contributed by atoms with van der Waals surface area (Å²) in [4.78, 5) is 4.67. The Hall–Kier alpha value is -1.43. The van der Waals surface area contributed by atoms with Crippen molar-refractivity contribution < 1.29 is 9.84 Å². The fourth-order valence-corrected chi connectivity index (χ4v) is 2.58. The second kappa shape index (κ2) is 6.83. The number of hydrogen-bond donors (Lipinski definition) is 2. The zero-order valence-electron chi connectivity index (χ0n) is 12.1. The number of benzene rings is 1. The highest BCUT2D eigenvalue weighted by Gasteiger charge is 2.23. The molecule has 5 nitrogen and oxygen atoms in total. The minimum atomic E-state index is -0.266. The molecule has 2 unspecified atom stereocenters. The maximum atomic E-state index is 9.76. The Labute approximate surface area is 119 Å². The van der Waals surface area contributed by atoms with Crippen LogP contribution in [0.15, 0.2) is 24.3 Å². The van der Waals surface area contributed by atoms with Gasteiger partial charge in [-0.05, 0) is 18.6 Å². The number of methoxy groups -OCH3 is 1. The van der Waals surface area contributed by atoms with Gasteiger partial charge in [-0.3, -0.25) is 0 Å². The second-order valence-electron chi connectivity index (χ2n) is 5.01. The molecule has 0 aliphatic carbocycles. The van der Waals surface area contributed by atoms with Gasteiger partial charge in [0.2, 0.25) is 0 Å². The quantitative estimate of drug-likeness (QED) is 0.804. The Kier molecular flexibility index (Phi) is 5.11. The third-order valence-corrected chi connectivity index (χ3v) is 3.51. The van der Waals surface area contributed by atoms with Crippen molar-refractivity contribution in [3.8, 4) is 0 Å². The number of aliphatic hydroxyl groups is 1. The Morgan fingerprint density at radius 1 is 1.40 bits per heavy atom. The van der Waals surface area contributed by atoms with E-state index in [2.05, 4.69) is 16.5 Å². The maximum Gasteiger partial charge on any atom is 0.110 e. The molecule has 0 radical (unpaired) electrons. The number of fused-ring (bicyclic) bond motifs is 1. The van der Waals surface area contributed by atoms with E-state index in [9.17, 15) is 5.11 Å². The molecule has 3 N–H and O–H groups in total. The molecule has 2 rings (SSSR count). The molecule has 20 heavy (non-hydrogen) atoms. The van der Waals surface area contributed by atoms with Gasteiger partial charge in [-0.1, -0.05) is 19.1 Å². The van der Waals surface area contributed by atoms with Gasteiger partial charge in [0.15, 0.2) is 0 Å². The molecule has 1 heterocycles. The Morgan fingerprint density at radius 3 is 2.80 bits per heavy atom. The van der Waals surface area contributed by atoms with Gasteiger partial charge in [-0.2, -0.15) is 0 Å². The summed E-state index contributed by atoms with van der Waals surface area (Å²) in [6.45, 7) is 2.50. The highest BCUT2D eigenvalue weighted by molar-refractivity contribution is 5.76. The van der Waals surface area contributed by atoms with Gasteiger partial charge in [0.25, 0.3) is 0 Å². The number of imidazole rings is 1. The minimum absolute atomic E-state index is 0.0262. The van der Waals surface area contributed by atoms with Crippen molar-refractivity contribution in [2.75, 3.05) is 20.3 Å². The summed E-state index contributed by atoms with van der Waals surface area (Å²) in [7, 11) is 1.62. The molecule has 0 amide bonds. The Morgan fingerprint density at radius 2 is 2.15 bits per heavy atom. The highest BCUT2D eigenvalue weighted by Crippen LogP contribution is 2.23. The van der Waals surface area contributed by atoms with Crippen molar-refractivity contribution >= 4 is 11.0 Å². The standard InChI is InChI=1S/C15H23N3O2/c1-3-6-15-17-12-7-4-5-8-13(12)18(15)14(9-19)11(16)10-20-2/h4-5,7-8,11,14,19H,3,6,9-10,16H2,1-2H3. The Bertz CT molecular complexity index is 553. The van der Waals surface area contributed by atoms with Gasteiger partial charge >= 0.3 is 0 Å². The largest absolute Gasteiger partial charge is 0.394 e. The van der Waals surface area contributed by atoms with Crippen molar-refractivity contribution in [1.82, 2.24) is 9.55 Å². The normalized spacial score (nSPS) is 14.6. The van der Waals surface area contributed by atoms with E-state index in [1.54, 1.807) is 7.11 Å². The second-order valence-corrected chi connectivity index (χ2v) is 5.01. The fraction of sp³-hybridized carbons (Fsp3) is 0.533. The highest BCUT2D eigenvalue weighted by atomic mass is 16.5. The summed E-state index contributed by atoms with van der Waals surface area (Å²) >= 11 is 0. The number of nitrogens with zero attached hydrogens (tertiary/aromatic N) is 2. The van der Waals surface area contributed by atoms with E-state index in [0.717, 1.165) is 29.7 Å². The van der Waals surface area contributed by atoms with Gasteiger partial charge < -0.3 is 20.1 Å². The van der Waals surface area contributed by atoms with Gasteiger partial charge in [-0.15, -0.1) is 0 Å². The number of rotatable bonds is 7. The molecule has 1 aromatic heterocycles. The lowest BCUT2D eigenvalue weighted by Gasteiger charge is -2.25. The number of para-hydroxylation sites is 2. The minimum Gasteiger partial charge on any atom is -0.394 e. The van der Waals surface area contributed by atoms with Gasteiger partial charge in [0, 0.05) is 13.5 Å². The predicted octanol–water partition coefficient (Wildman–Crippen LogP) is 1.50. The number of nitrogens with two attached hydrogens (primary N) is 1. The van der Waals surface area contributed by atoms with E-state index in [0.29, 0.717) is 6.61 Å². The molecule has 0 fully saturated rings. The lowest BCUT2D eigenvalue weighted by molar-refractivity contribution is 0.130. The molecule has 0 saturated heterocycles. The molecular formula is C15H23N3O2. The topological polar surface area (TPSA) is 73.3 Å². The molecular weight excluding hydrogens is 254 g/mol. The molecule has 0 aliphatic rings. The van der Waals surface area contributed by atoms with E-state index in [4.69, 9.17) is 10.5 Å². The van der Waals surface area contributed by atoms with Crippen LogP contribution in [-0.4, -0.2) is 41.0 Å². The first-order chi connectivity index (χ1) is 9.72. The fourth-order valence-electron chi connectivity index (χ4n) is 2.58. The molecule has 2 atom stereocenters. The number of hydrogen-bond acceptors (Lipinski definition) is 4. The molecule has 2 aromatic rings. The van der Waals surface area contributed by atoms with Crippen LogP contribution in [0, 0.1) is 0 Å². The van der Waals surface area contributed by atoms with E-state index < -0.39 is 0 Å². The smallest absolute Gasteiger partial charge is 0.110 e. The third-order valence-electron chi connectivity index (χ3n) is 3.51. The first-order valence-electron chi connectivity index (χ1n) is 7.04. The van der Waals surface area contributed by atoms with E-state index >= 15 is 0 Å². The Balaban J connectivity index is 2.50. The summed E-state index contributed by atoms with van der Waals surface area (Å²) in [5.41, 5.74) is 8.11. The number of aromatic nitrogens is 2. The van der Waals surface area contributed by atoms with Crippen LogP contribution in [0.2, 0.25) is 0 Å². The zero-order chi connectivity index (χ0) is 14.5. The van der Waals surface area contributed by atoms with Crippen molar-refractivity contribution in [2.45, 2.75) is 31.8 Å². The summed E-state index contributed by atoms with van der Waals surface area (Å²) < 4.78 is 7.20. The SMILES string of the molecule is CCCc1nc2ccccc2n1C(CO)C(N)COC. The summed E-state index contributed by atoms with van der Waals surface area (Å²) in [6, 6.07) is 7.47. The van der Waals surface area contributed by atoms with Gasteiger partial charge in [-0.25, -0.2) is 4.98 Å². The maximum absolute atomic E-state index is 9.76. The van der Waals surface area contributed by atoms with Crippen molar-refractivity contribution in [1.29, 1.82) is 0 Å². The third kappa shape index (κ3) is 2.85. The molecule has 0 spiro atoms. The van der Waals surface area contributed by atoms with Crippen LogP contribution < -0.4 is 5.73 Å². The van der Waals surface area contributed by atoms with Crippen LogP contribution in [0.1, 0.15) is 25.2 Å². The predicted molar refractivity (Wildman–Crippen MR) is 79.7 cm³/mol. The monoisotopic (exact) mass is 277 g/mol. The molecule has 1 aromatic carbocycles. The van der Waals surface area contributed by atoms with Gasteiger partial charge in [0.05, 0.1) is 36.3 Å². The zero-order valence-corrected chi connectivity index (χ0v) is 12.1. The van der Waals surface area contributed by atoms with Crippen LogP contribution in [0.4, 0.5) is 0 Å². The van der Waals surface area contributed by atoms with Crippen molar-refractivity contribution in [3.63, 3.8) is 0 Å². The van der Waals surface area contributed by atoms with Crippen LogP contribution in [0.25, 0.3) is 11.0 Å². The number of ether oxygens (including phenoxy) is 1. The lowest BCUT2D eigenvalue weighted by atomic mass is 10.1. The van der Waals surface area contributed by atoms with Gasteiger partial charge in [0.1, 0.15) is 5.82 Å². The summed E-state index contributed by atoms with van der Waals surface area (Å²) in [5.74, 6) is 0.972. The average Bonchev–Trinajstić information content (AvgIpc) is 2.79. The van der Waals surface area contributed by atoms with Crippen LogP contribution in [0.3, 0.4) is 0 Å². The van der Waals surface area contributed by atoms with Crippen LogP contribution >= 0.6 is 0 Å². The van der Waals surface area contributed by atoms with E-state index in [-0.39, 0.29) is 18.7 Å². The number of aliphatic hydroxyl groups excluding tert-OH is 1. The lowest BCUT2D eigenvalue weighted by Crippen LogP contribution is -2.38. The van der Waals surface area contributed by atoms with Crippen molar-refractivity contribution in [3.05, 3.63) is 30.1 Å². The van der Waals surface area contributed by atoms with Crippen molar-refractivity contribution in [2.24, 2.45) is 5.73 Å². The molecule has 0 bridgehead atoms. The molecule has 0 saturated carbocycles. The summed E-state index contributed by atoms with van der Waals surface area (Å²) in [5, 5.41) is 9.76. The van der Waals surface area contributed by atoms with Crippen LogP contribution in [-0.2, 0) is 11.2 Å². The first kappa shape index (κ1) is 15.0. The average molecular weight is 277 g/mol. The molecule has 0 aliphatic heterocycles. The molecule has 110 valence electrons. The summed E-state index contributed by atoms with van der Waals surface area (Å²) in [6.07, 6.45) is 1.87.